The first kappa shape index (κ1) is 26.1. The van der Waals surface area contributed by atoms with Crippen LogP contribution in [-0.2, 0) is 18.5 Å². The van der Waals surface area contributed by atoms with E-state index in [2.05, 4.69) is 72.8 Å². The van der Waals surface area contributed by atoms with Gasteiger partial charge in [0.05, 0.1) is 11.2 Å². The summed E-state index contributed by atoms with van der Waals surface area (Å²) in [4.78, 5) is 28.3. The Balaban J connectivity index is 1.58. The van der Waals surface area contributed by atoms with E-state index in [-0.39, 0.29) is 11.3 Å². The number of nitrogens with zero attached hydrogens (tertiary/aromatic N) is 2. The van der Waals surface area contributed by atoms with Crippen LogP contribution in [0.1, 0.15) is 27.0 Å². The summed E-state index contributed by atoms with van der Waals surface area (Å²) >= 11 is 0. The standard InChI is InChI=1S/C37H29N2O2P/c40-36-32-22-12-13-23-33(32)39-35(30-20-10-11-21-31(30)37(39)41)34(36)38-42(24-27-14-4-1-5-15-27,25-28-16-6-2-7-17-28)26-29-18-8-3-9-19-29/h1-23H,24-26H2. The van der Waals surface area contributed by atoms with Crippen LogP contribution < -0.4 is 5.43 Å². The predicted octanol–water partition coefficient (Wildman–Crippen LogP) is 9.10. The zero-order chi connectivity index (χ0) is 28.5. The highest BCUT2D eigenvalue weighted by molar-refractivity contribution is 7.64. The molecule has 4 nitrogen and oxygen atoms in total. The number of rotatable bonds is 7. The monoisotopic (exact) mass is 564 g/mol. The van der Waals surface area contributed by atoms with Crippen molar-refractivity contribution in [2.75, 3.05) is 0 Å². The third kappa shape index (κ3) is 4.74. The van der Waals surface area contributed by atoms with Crippen LogP contribution in [0.2, 0.25) is 0 Å². The molecule has 0 N–H and O–H groups in total. The molecule has 6 aromatic rings. The molecule has 5 heteroatoms. The van der Waals surface area contributed by atoms with Gasteiger partial charge in [-0.3, -0.25) is 18.9 Å². The highest BCUT2D eigenvalue weighted by Gasteiger charge is 2.33. The van der Waals surface area contributed by atoms with Gasteiger partial charge >= 0.3 is 0 Å². The Hall–Kier alpha value is -4.79. The SMILES string of the molecule is O=C1c2ccccc2-c2c(N=P(Cc3ccccc3)(Cc3ccccc3)Cc3ccccc3)c(=O)c3ccccc3n21. The average Bonchev–Trinajstić information content (AvgIpc) is 3.33. The normalized spacial score (nSPS) is 12.2. The summed E-state index contributed by atoms with van der Waals surface area (Å²) in [6.07, 6.45) is 2.21. The second-order valence-electron chi connectivity index (χ2n) is 10.9. The lowest BCUT2D eigenvalue weighted by molar-refractivity contribution is 0.0973. The third-order valence-corrected chi connectivity index (χ3v) is 11.4. The lowest BCUT2D eigenvalue weighted by atomic mass is 10.1. The fraction of sp³-hybridized carbons (Fsp3) is 0.0811. The molecule has 0 fully saturated rings. The number of para-hydroxylation sites is 1. The van der Waals surface area contributed by atoms with Gasteiger partial charge in [0.1, 0.15) is 5.69 Å². The Morgan fingerprint density at radius 1 is 0.524 bits per heavy atom. The van der Waals surface area contributed by atoms with Gasteiger partial charge in [0.2, 0.25) is 5.43 Å². The zero-order valence-electron chi connectivity index (χ0n) is 23.1. The van der Waals surface area contributed by atoms with Gasteiger partial charge in [0.25, 0.3) is 5.91 Å². The molecule has 0 radical (unpaired) electrons. The molecule has 42 heavy (non-hydrogen) atoms. The van der Waals surface area contributed by atoms with E-state index in [4.69, 9.17) is 4.74 Å². The summed E-state index contributed by atoms with van der Waals surface area (Å²) in [5, 5.41) is 0.512. The van der Waals surface area contributed by atoms with Crippen molar-refractivity contribution in [3.05, 3.63) is 172 Å². The van der Waals surface area contributed by atoms with Gasteiger partial charge in [0.15, 0.2) is 0 Å². The van der Waals surface area contributed by atoms with Crippen LogP contribution in [0.5, 0.6) is 0 Å². The van der Waals surface area contributed by atoms with E-state index in [1.54, 1.807) is 4.57 Å². The van der Waals surface area contributed by atoms with Gasteiger partial charge in [-0.2, -0.15) is 0 Å². The highest BCUT2D eigenvalue weighted by Crippen LogP contribution is 2.61. The summed E-state index contributed by atoms with van der Waals surface area (Å²) in [7, 11) is -2.35. The van der Waals surface area contributed by atoms with Crippen LogP contribution in [0.25, 0.3) is 22.2 Å². The van der Waals surface area contributed by atoms with Gasteiger partial charge in [-0.1, -0.05) is 121 Å². The molecular weight excluding hydrogens is 535 g/mol. The fourth-order valence-corrected chi connectivity index (χ4v) is 9.95. The number of hydrogen-bond acceptors (Lipinski definition) is 3. The second kappa shape index (κ2) is 10.9. The molecule has 1 aromatic heterocycles. The minimum atomic E-state index is -2.35. The summed E-state index contributed by atoms with van der Waals surface area (Å²) in [6, 6.07) is 46.3. The van der Waals surface area contributed by atoms with E-state index in [0.29, 0.717) is 27.8 Å². The van der Waals surface area contributed by atoms with Crippen molar-refractivity contribution in [1.82, 2.24) is 4.57 Å². The van der Waals surface area contributed by atoms with E-state index in [0.717, 1.165) is 24.0 Å². The molecule has 0 amide bonds. The van der Waals surface area contributed by atoms with Crippen LogP contribution in [0.3, 0.4) is 0 Å². The van der Waals surface area contributed by atoms with Crippen molar-refractivity contribution < 1.29 is 4.79 Å². The first-order valence-corrected chi connectivity index (χ1v) is 16.4. The molecule has 0 bridgehead atoms. The minimum Gasteiger partial charge on any atom is -0.287 e. The Morgan fingerprint density at radius 3 is 1.52 bits per heavy atom. The predicted molar refractivity (Wildman–Crippen MR) is 173 cm³/mol. The van der Waals surface area contributed by atoms with Crippen molar-refractivity contribution in [2.24, 2.45) is 4.74 Å². The van der Waals surface area contributed by atoms with Gasteiger partial charge in [-0.25, -0.2) is 0 Å². The quantitative estimate of drug-likeness (QED) is 0.181. The smallest absolute Gasteiger partial charge is 0.263 e. The summed E-state index contributed by atoms with van der Waals surface area (Å²) < 4.78 is 7.37. The Bertz CT molecular complexity index is 1940. The number of benzene rings is 5. The largest absolute Gasteiger partial charge is 0.287 e. The second-order valence-corrected chi connectivity index (χ2v) is 14.2. The Morgan fingerprint density at radius 2 is 0.976 bits per heavy atom. The van der Waals surface area contributed by atoms with E-state index in [1.165, 1.54) is 16.7 Å². The minimum absolute atomic E-state index is 0.119. The summed E-state index contributed by atoms with van der Waals surface area (Å²) in [5.41, 5.74) is 6.43. The van der Waals surface area contributed by atoms with Crippen LogP contribution >= 0.6 is 7.05 Å². The van der Waals surface area contributed by atoms with Gasteiger partial charge in [-0.15, -0.1) is 0 Å². The number of hydrogen-bond donors (Lipinski definition) is 0. The first-order chi connectivity index (χ1) is 20.6. The topological polar surface area (TPSA) is 51.4 Å². The molecule has 0 unspecified atom stereocenters. The van der Waals surface area contributed by atoms with Crippen LogP contribution in [0.15, 0.2) is 149 Å². The van der Waals surface area contributed by atoms with E-state index >= 15 is 0 Å². The molecule has 0 saturated carbocycles. The van der Waals surface area contributed by atoms with E-state index in [9.17, 15) is 9.59 Å². The van der Waals surface area contributed by atoms with Crippen molar-refractivity contribution in [1.29, 1.82) is 0 Å². The van der Waals surface area contributed by atoms with Crippen LogP contribution in [-0.4, -0.2) is 10.5 Å². The molecule has 1 aliphatic rings. The van der Waals surface area contributed by atoms with Crippen molar-refractivity contribution in [2.45, 2.75) is 18.5 Å². The van der Waals surface area contributed by atoms with Crippen LogP contribution in [0.4, 0.5) is 5.69 Å². The molecule has 0 aliphatic carbocycles. The Labute approximate surface area is 245 Å². The highest BCUT2D eigenvalue weighted by atomic mass is 31.2. The van der Waals surface area contributed by atoms with Crippen molar-refractivity contribution in [3.8, 4) is 11.3 Å². The maximum absolute atomic E-state index is 14.4. The average molecular weight is 565 g/mol. The third-order valence-electron chi connectivity index (χ3n) is 7.94. The first-order valence-electron chi connectivity index (χ1n) is 14.1. The molecule has 7 rings (SSSR count). The van der Waals surface area contributed by atoms with E-state index in [1.807, 2.05) is 66.7 Å². The molecule has 1 aliphatic heterocycles. The molecule has 0 saturated heterocycles. The van der Waals surface area contributed by atoms with Gasteiger partial charge in [0, 0.05) is 35.0 Å². The maximum atomic E-state index is 14.4. The summed E-state index contributed by atoms with van der Waals surface area (Å²) in [5.74, 6) is -0.119. The number of carbonyl (C=O) groups excluding carboxylic acids is 1. The summed E-state index contributed by atoms with van der Waals surface area (Å²) in [6.45, 7) is 0. The van der Waals surface area contributed by atoms with Crippen molar-refractivity contribution >= 4 is 29.6 Å². The van der Waals surface area contributed by atoms with Gasteiger partial charge < -0.3 is 0 Å². The number of aromatic nitrogens is 1. The zero-order valence-corrected chi connectivity index (χ0v) is 24.0. The Kier molecular flexibility index (Phi) is 6.77. The molecule has 204 valence electrons. The number of carbonyl (C=O) groups is 1. The van der Waals surface area contributed by atoms with Gasteiger partial charge in [-0.05, 0) is 41.9 Å². The molecule has 5 aromatic carbocycles. The van der Waals surface area contributed by atoms with Crippen molar-refractivity contribution in [3.63, 3.8) is 0 Å². The lowest BCUT2D eigenvalue weighted by Gasteiger charge is -2.27. The number of fused-ring (bicyclic) bond motifs is 5. The molecular formula is C37H29N2O2P. The van der Waals surface area contributed by atoms with E-state index < -0.39 is 7.05 Å². The molecule has 0 atom stereocenters. The van der Waals surface area contributed by atoms with Crippen LogP contribution in [0, 0.1) is 0 Å². The fourth-order valence-electron chi connectivity index (χ4n) is 6.13. The number of pyridine rings is 1. The lowest BCUT2D eigenvalue weighted by Crippen LogP contribution is -2.14. The molecule has 2 heterocycles. The molecule has 0 spiro atoms. The maximum Gasteiger partial charge on any atom is 0.263 e.